The van der Waals surface area contributed by atoms with Crippen LogP contribution in [0.3, 0.4) is 0 Å². The molecular weight excluding hydrogens is 506 g/mol. The van der Waals surface area contributed by atoms with E-state index in [9.17, 15) is 18.0 Å². The van der Waals surface area contributed by atoms with Gasteiger partial charge in [0.1, 0.15) is 5.82 Å². The second-order valence-corrected chi connectivity index (χ2v) is 10.7. The second-order valence-electron chi connectivity index (χ2n) is 8.75. The zero-order valence-electron chi connectivity index (χ0n) is 20.8. The summed E-state index contributed by atoms with van der Waals surface area (Å²) >= 11 is 0. The minimum absolute atomic E-state index is 0.0884. The van der Waals surface area contributed by atoms with Crippen molar-refractivity contribution >= 4 is 38.7 Å². The predicted octanol–water partition coefficient (Wildman–Crippen LogP) is 3.95. The van der Waals surface area contributed by atoms with Crippen molar-refractivity contribution in [2.24, 2.45) is 0 Å². The number of aromatic amines is 1. The normalized spacial score (nSPS) is 14.4. The van der Waals surface area contributed by atoms with Gasteiger partial charge >= 0.3 is 6.09 Å². The number of anilines is 1. The molecule has 0 radical (unpaired) electrons. The average molecular weight is 534 g/mol. The smallest absolute Gasteiger partial charge is 0.409 e. The first-order valence-electron chi connectivity index (χ1n) is 12.2. The predicted molar refractivity (Wildman–Crippen MR) is 143 cm³/mol. The summed E-state index contributed by atoms with van der Waals surface area (Å²) in [5.41, 5.74) is 3.51. The minimum atomic E-state index is -3.76. The fourth-order valence-electron chi connectivity index (χ4n) is 4.29. The summed E-state index contributed by atoms with van der Waals surface area (Å²) in [6, 6.07) is 20.9. The number of ether oxygens (including phenoxy) is 1. The number of nitrogens with zero attached hydrogens (tertiary/aromatic N) is 3. The number of hydrogen-bond donors (Lipinski definition) is 2. The van der Waals surface area contributed by atoms with Gasteiger partial charge in [0.05, 0.1) is 22.5 Å². The summed E-state index contributed by atoms with van der Waals surface area (Å²) in [5, 5.41) is 2.86. The van der Waals surface area contributed by atoms with Crippen LogP contribution >= 0.6 is 0 Å². The van der Waals surface area contributed by atoms with E-state index in [0.29, 0.717) is 17.1 Å². The Bertz CT molecular complexity index is 1540. The Hall–Kier alpha value is -4.22. The Morgan fingerprint density at radius 3 is 2.42 bits per heavy atom. The molecule has 1 aromatic heterocycles. The molecule has 0 unspecified atom stereocenters. The molecule has 0 spiro atoms. The highest BCUT2D eigenvalue weighted by Crippen LogP contribution is 2.24. The SMILES string of the molecule is CCOC(=O)N1CCN(S(=O)(=O)c2ccc(C(=O)Nc3cccc(-c4nc5ccccc5[nH]4)c3)cc2)CC1. The summed E-state index contributed by atoms with van der Waals surface area (Å²) in [7, 11) is -3.76. The standard InChI is InChI=1S/C27H27N5O5S/c1-2-37-27(34)31-14-16-32(17-15-31)38(35,36)22-12-10-19(11-13-22)26(33)28-21-7-5-6-20(18-21)25-29-23-8-3-4-9-24(23)30-25/h3-13,18H,2,14-17H2,1H3,(H,28,33)(H,29,30). The molecule has 0 bridgehead atoms. The van der Waals surface area contributed by atoms with Gasteiger partial charge in [0.15, 0.2) is 0 Å². The molecular formula is C27H27N5O5S. The summed E-state index contributed by atoms with van der Waals surface area (Å²) in [6.45, 7) is 2.85. The molecule has 10 nitrogen and oxygen atoms in total. The second kappa shape index (κ2) is 10.6. The van der Waals surface area contributed by atoms with Gasteiger partial charge in [0, 0.05) is 43.0 Å². The summed E-state index contributed by atoms with van der Waals surface area (Å²) < 4.78 is 32.5. The first-order chi connectivity index (χ1) is 18.3. The Labute approximate surface area is 220 Å². The molecule has 0 aliphatic carbocycles. The Morgan fingerprint density at radius 2 is 1.71 bits per heavy atom. The number of aromatic nitrogens is 2. The maximum atomic E-state index is 13.1. The quantitative estimate of drug-likeness (QED) is 0.387. The molecule has 2 heterocycles. The third-order valence-electron chi connectivity index (χ3n) is 6.30. The number of carbonyl (C=O) groups excluding carboxylic acids is 2. The lowest BCUT2D eigenvalue weighted by molar-refractivity contribution is 0.0933. The fourth-order valence-corrected chi connectivity index (χ4v) is 5.71. The largest absolute Gasteiger partial charge is 0.450 e. The van der Waals surface area contributed by atoms with Crippen molar-refractivity contribution in [3.05, 3.63) is 78.4 Å². The zero-order valence-corrected chi connectivity index (χ0v) is 21.6. The van der Waals surface area contributed by atoms with Gasteiger partial charge in [0.2, 0.25) is 10.0 Å². The van der Waals surface area contributed by atoms with Crippen molar-refractivity contribution in [1.82, 2.24) is 19.2 Å². The van der Waals surface area contributed by atoms with Crippen LogP contribution < -0.4 is 5.32 Å². The lowest BCUT2D eigenvalue weighted by Crippen LogP contribution is -2.50. The van der Waals surface area contributed by atoms with Crippen molar-refractivity contribution in [2.45, 2.75) is 11.8 Å². The van der Waals surface area contributed by atoms with Gasteiger partial charge in [0.25, 0.3) is 5.91 Å². The average Bonchev–Trinajstić information content (AvgIpc) is 3.38. The van der Waals surface area contributed by atoms with Gasteiger partial charge in [-0.3, -0.25) is 4.79 Å². The number of amides is 2. The molecule has 1 aliphatic heterocycles. The van der Waals surface area contributed by atoms with E-state index in [0.717, 1.165) is 16.6 Å². The number of para-hydroxylation sites is 2. The molecule has 196 valence electrons. The summed E-state index contributed by atoms with van der Waals surface area (Å²) in [6.07, 6.45) is -0.442. The van der Waals surface area contributed by atoms with Gasteiger partial charge < -0.3 is 19.9 Å². The lowest BCUT2D eigenvalue weighted by Gasteiger charge is -2.33. The first kappa shape index (κ1) is 25.4. The topological polar surface area (TPSA) is 125 Å². The molecule has 3 aromatic carbocycles. The number of sulfonamides is 1. The van der Waals surface area contributed by atoms with Crippen molar-refractivity contribution in [3.8, 4) is 11.4 Å². The highest BCUT2D eigenvalue weighted by atomic mass is 32.2. The van der Waals surface area contributed by atoms with Gasteiger partial charge in [-0.05, 0) is 55.5 Å². The van der Waals surface area contributed by atoms with E-state index in [2.05, 4.69) is 15.3 Å². The number of fused-ring (bicyclic) bond motifs is 1. The van der Waals surface area contributed by atoms with Crippen LogP contribution in [0.15, 0.2) is 77.7 Å². The highest BCUT2D eigenvalue weighted by Gasteiger charge is 2.30. The molecule has 2 amide bonds. The van der Waals surface area contributed by atoms with Crippen LogP contribution in [0.25, 0.3) is 22.4 Å². The minimum Gasteiger partial charge on any atom is -0.450 e. The molecule has 1 fully saturated rings. The third-order valence-corrected chi connectivity index (χ3v) is 8.22. The van der Waals surface area contributed by atoms with E-state index in [-0.39, 0.29) is 43.6 Å². The number of H-pyrrole nitrogens is 1. The zero-order chi connectivity index (χ0) is 26.7. The van der Waals surface area contributed by atoms with Gasteiger partial charge in [-0.25, -0.2) is 18.2 Å². The van der Waals surface area contributed by atoms with E-state index < -0.39 is 16.1 Å². The van der Waals surface area contributed by atoms with E-state index >= 15 is 0 Å². The van der Waals surface area contributed by atoms with Crippen LogP contribution in [-0.2, 0) is 14.8 Å². The van der Waals surface area contributed by atoms with Crippen molar-refractivity contribution in [3.63, 3.8) is 0 Å². The molecule has 38 heavy (non-hydrogen) atoms. The fraction of sp³-hybridized carbons (Fsp3) is 0.222. The van der Waals surface area contributed by atoms with Crippen molar-refractivity contribution < 1.29 is 22.7 Å². The first-order valence-corrected chi connectivity index (χ1v) is 13.7. The molecule has 4 aromatic rings. The number of hydrogen-bond acceptors (Lipinski definition) is 6. The Kier molecular flexibility index (Phi) is 7.12. The maximum Gasteiger partial charge on any atom is 0.409 e. The van der Waals surface area contributed by atoms with Gasteiger partial charge in [-0.1, -0.05) is 24.3 Å². The number of imidazole rings is 1. The van der Waals surface area contributed by atoms with Crippen LogP contribution in [-0.4, -0.2) is 72.4 Å². The molecule has 0 saturated carbocycles. The van der Waals surface area contributed by atoms with E-state index in [4.69, 9.17) is 4.74 Å². The molecule has 2 N–H and O–H groups in total. The summed E-state index contributed by atoms with van der Waals surface area (Å²) in [4.78, 5) is 34.2. The van der Waals surface area contributed by atoms with Crippen LogP contribution in [0.4, 0.5) is 10.5 Å². The summed E-state index contributed by atoms with van der Waals surface area (Å²) in [5.74, 6) is 0.332. The number of piperazine rings is 1. The molecule has 0 atom stereocenters. The van der Waals surface area contributed by atoms with Crippen molar-refractivity contribution in [1.29, 1.82) is 0 Å². The lowest BCUT2D eigenvalue weighted by atomic mass is 10.1. The van der Waals surface area contributed by atoms with Crippen LogP contribution in [0.5, 0.6) is 0 Å². The molecule has 11 heteroatoms. The van der Waals surface area contributed by atoms with Crippen molar-refractivity contribution in [2.75, 3.05) is 38.1 Å². The van der Waals surface area contributed by atoms with Crippen LogP contribution in [0.2, 0.25) is 0 Å². The monoisotopic (exact) mass is 533 g/mol. The number of benzene rings is 3. The van der Waals surface area contributed by atoms with Crippen LogP contribution in [0.1, 0.15) is 17.3 Å². The molecule has 1 saturated heterocycles. The molecule has 1 aliphatic rings. The van der Waals surface area contributed by atoms with Gasteiger partial charge in [-0.15, -0.1) is 0 Å². The van der Waals surface area contributed by atoms with E-state index in [1.807, 2.05) is 42.5 Å². The Balaban J connectivity index is 1.24. The maximum absolute atomic E-state index is 13.1. The number of rotatable bonds is 6. The molecule has 5 rings (SSSR count). The number of nitrogens with one attached hydrogen (secondary N) is 2. The van der Waals surface area contributed by atoms with E-state index in [1.165, 1.54) is 33.5 Å². The van der Waals surface area contributed by atoms with Gasteiger partial charge in [-0.2, -0.15) is 4.31 Å². The third kappa shape index (κ3) is 5.24. The number of carbonyl (C=O) groups is 2. The Morgan fingerprint density at radius 1 is 0.974 bits per heavy atom. The van der Waals surface area contributed by atoms with E-state index in [1.54, 1.807) is 13.0 Å². The highest BCUT2D eigenvalue weighted by molar-refractivity contribution is 7.89. The van der Waals surface area contributed by atoms with Crippen LogP contribution in [0, 0.1) is 0 Å².